The zero-order valence-corrected chi connectivity index (χ0v) is 23.2. The summed E-state index contributed by atoms with van der Waals surface area (Å²) in [6.45, 7) is 9.78. The lowest BCUT2D eigenvalue weighted by molar-refractivity contribution is -0.0471. The van der Waals surface area contributed by atoms with Crippen molar-refractivity contribution in [1.82, 2.24) is 34.3 Å². The van der Waals surface area contributed by atoms with Gasteiger partial charge < -0.3 is 14.8 Å². The van der Waals surface area contributed by atoms with Gasteiger partial charge in [0.25, 0.3) is 0 Å². The second-order valence-corrected chi connectivity index (χ2v) is 12.5. The molecule has 8 nitrogen and oxygen atoms in total. The van der Waals surface area contributed by atoms with Crippen molar-refractivity contribution in [2.45, 2.75) is 51.6 Å². The highest BCUT2D eigenvalue weighted by Gasteiger charge is 2.44. The second kappa shape index (κ2) is 9.27. The van der Waals surface area contributed by atoms with E-state index in [9.17, 15) is 4.39 Å². The topological polar surface area (TPSA) is 75.0 Å². The van der Waals surface area contributed by atoms with Crippen LogP contribution in [0.4, 0.5) is 20.5 Å². The molecule has 0 saturated carbocycles. The van der Waals surface area contributed by atoms with Crippen LogP contribution in [-0.2, 0) is 18.5 Å². The van der Waals surface area contributed by atoms with Crippen LogP contribution in [0.25, 0.3) is 22.3 Å². The van der Waals surface area contributed by atoms with Gasteiger partial charge in [-0.1, -0.05) is 6.07 Å². The molecule has 0 atom stereocenters. The number of nitrogens with zero attached hydrogens (tertiary/aromatic N) is 7. The van der Waals surface area contributed by atoms with E-state index in [0.717, 1.165) is 50.1 Å². The Morgan fingerprint density at radius 2 is 1.75 bits per heavy atom. The number of piperidine rings is 1. The van der Waals surface area contributed by atoms with E-state index in [-0.39, 0.29) is 17.2 Å². The fourth-order valence-corrected chi connectivity index (χ4v) is 6.71. The van der Waals surface area contributed by atoms with Gasteiger partial charge in [0.2, 0.25) is 5.95 Å². The van der Waals surface area contributed by atoms with Crippen molar-refractivity contribution in [2.75, 3.05) is 38.5 Å². The first kappa shape index (κ1) is 25.5. The Hall–Kier alpha value is -3.50. The van der Waals surface area contributed by atoms with E-state index >= 15 is 4.39 Å². The number of hydrogen-bond acceptors (Lipinski definition) is 7. The molecular weight excluding hydrogens is 510 g/mol. The Labute approximate surface area is 232 Å². The Morgan fingerprint density at radius 3 is 2.50 bits per heavy atom. The van der Waals surface area contributed by atoms with Crippen LogP contribution in [0.5, 0.6) is 0 Å². The van der Waals surface area contributed by atoms with Crippen molar-refractivity contribution in [3.8, 4) is 11.3 Å². The Bertz CT molecular complexity index is 1580. The van der Waals surface area contributed by atoms with Gasteiger partial charge in [-0.25, -0.2) is 28.7 Å². The Morgan fingerprint density at radius 1 is 0.950 bits per heavy atom. The third-order valence-corrected chi connectivity index (χ3v) is 9.00. The fraction of sp³-hybridized carbons (Fsp3) is 0.467. The van der Waals surface area contributed by atoms with Gasteiger partial charge >= 0.3 is 0 Å². The van der Waals surface area contributed by atoms with Gasteiger partial charge in [0.1, 0.15) is 22.9 Å². The first-order valence-electron chi connectivity index (χ1n) is 14.1. The van der Waals surface area contributed by atoms with Gasteiger partial charge in [-0.15, -0.1) is 0 Å². The van der Waals surface area contributed by atoms with Crippen LogP contribution in [0.3, 0.4) is 0 Å². The maximum atomic E-state index is 15.1. The Kier molecular flexibility index (Phi) is 5.90. The van der Waals surface area contributed by atoms with Gasteiger partial charge in [-0.05, 0) is 82.4 Å². The average Bonchev–Trinajstić information content (AvgIpc) is 3.44. The van der Waals surface area contributed by atoms with Crippen molar-refractivity contribution in [2.24, 2.45) is 5.41 Å². The minimum absolute atomic E-state index is 0.0295. The van der Waals surface area contributed by atoms with E-state index in [4.69, 9.17) is 0 Å². The van der Waals surface area contributed by atoms with Crippen LogP contribution in [-0.4, -0.2) is 67.5 Å². The number of aromatic nitrogens is 5. The predicted molar refractivity (Wildman–Crippen MR) is 150 cm³/mol. The maximum absolute atomic E-state index is 15.1. The summed E-state index contributed by atoms with van der Waals surface area (Å²) in [7, 11) is 2.20. The molecule has 7 rings (SSSR count). The lowest BCUT2D eigenvalue weighted by Crippen LogP contribution is -2.59. The SMILES string of the molecule is CN1CCC2(CC1)CN(Cc1ccc(Nc3ncc(F)c(-c4cc(F)c5nc6n(c5c4)C(C)(C)CC6)n3)nc1)C2. The molecular formula is C30H34F2N8. The van der Waals surface area contributed by atoms with E-state index in [1.54, 1.807) is 6.07 Å². The molecule has 0 bridgehead atoms. The highest BCUT2D eigenvalue weighted by molar-refractivity contribution is 5.83. The van der Waals surface area contributed by atoms with Crippen molar-refractivity contribution in [3.05, 3.63) is 59.7 Å². The molecule has 6 heterocycles. The van der Waals surface area contributed by atoms with Gasteiger partial charge in [-0.2, -0.15) is 0 Å². The molecule has 2 saturated heterocycles. The van der Waals surface area contributed by atoms with E-state index in [1.807, 2.05) is 18.3 Å². The third-order valence-electron chi connectivity index (χ3n) is 9.00. The summed E-state index contributed by atoms with van der Waals surface area (Å²) in [5.74, 6) is 0.507. The number of rotatable bonds is 5. The van der Waals surface area contributed by atoms with Gasteiger partial charge in [0.15, 0.2) is 11.6 Å². The third kappa shape index (κ3) is 4.43. The largest absolute Gasteiger partial charge is 0.322 e. The molecule has 3 aliphatic heterocycles. The van der Waals surface area contributed by atoms with E-state index < -0.39 is 11.6 Å². The van der Waals surface area contributed by atoms with Crippen molar-refractivity contribution in [3.63, 3.8) is 0 Å². The molecule has 3 aliphatic rings. The average molecular weight is 545 g/mol. The number of benzene rings is 1. The summed E-state index contributed by atoms with van der Waals surface area (Å²) in [5, 5.41) is 3.07. The molecule has 0 unspecified atom stereocenters. The van der Waals surface area contributed by atoms with Gasteiger partial charge in [-0.3, -0.25) is 4.90 Å². The normalized spacial score (nSPS) is 20.1. The van der Waals surface area contributed by atoms with Crippen LogP contribution in [0.15, 0.2) is 36.7 Å². The van der Waals surface area contributed by atoms with Crippen LogP contribution < -0.4 is 5.32 Å². The quantitative estimate of drug-likeness (QED) is 0.374. The fourth-order valence-electron chi connectivity index (χ4n) is 6.71. The first-order valence-corrected chi connectivity index (χ1v) is 14.1. The summed E-state index contributed by atoms with van der Waals surface area (Å²) >= 11 is 0. The number of fused-ring (bicyclic) bond motifs is 3. The number of hydrogen-bond donors (Lipinski definition) is 1. The summed E-state index contributed by atoms with van der Waals surface area (Å²) < 4.78 is 32.1. The summed E-state index contributed by atoms with van der Waals surface area (Å²) in [6, 6.07) is 7.00. The highest BCUT2D eigenvalue weighted by atomic mass is 19.1. The summed E-state index contributed by atoms with van der Waals surface area (Å²) in [6.07, 6.45) is 7.24. The molecule has 0 amide bonds. The molecule has 208 valence electrons. The number of anilines is 2. The first-order chi connectivity index (χ1) is 19.2. The van der Waals surface area contributed by atoms with Crippen molar-refractivity contribution in [1.29, 1.82) is 0 Å². The van der Waals surface area contributed by atoms with Crippen molar-refractivity contribution < 1.29 is 8.78 Å². The maximum Gasteiger partial charge on any atom is 0.229 e. The lowest BCUT2D eigenvalue weighted by Gasteiger charge is -2.54. The second-order valence-electron chi connectivity index (χ2n) is 12.5. The zero-order valence-electron chi connectivity index (χ0n) is 23.2. The summed E-state index contributed by atoms with van der Waals surface area (Å²) in [5.41, 5.74) is 2.80. The number of likely N-dealkylation sites (tertiary alicyclic amines) is 2. The van der Waals surface area contributed by atoms with E-state index in [2.05, 4.69) is 60.5 Å². The number of aryl methyl sites for hydroxylation is 1. The molecule has 40 heavy (non-hydrogen) atoms. The molecule has 4 aromatic rings. The monoisotopic (exact) mass is 544 g/mol. The minimum Gasteiger partial charge on any atom is -0.322 e. The number of imidazole rings is 1. The number of nitrogens with one attached hydrogen (secondary N) is 1. The molecule has 0 aliphatic carbocycles. The van der Waals surface area contributed by atoms with Gasteiger partial charge in [0.05, 0.1) is 11.7 Å². The van der Waals surface area contributed by atoms with E-state index in [1.165, 1.54) is 32.0 Å². The molecule has 1 N–H and O–H groups in total. The lowest BCUT2D eigenvalue weighted by atomic mass is 9.72. The molecule has 0 radical (unpaired) electrons. The van der Waals surface area contributed by atoms with E-state index in [0.29, 0.717) is 27.8 Å². The van der Waals surface area contributed by atoms with Crippen LogP contribution in [0.2, 0.25) is 0 Å². The smallest absolute Gasteiger partial charge is 0.229 e. The van der Waals surface area contributed by atoms with Crippen molar-refractivity contribution >= 4 is 22.8 Å². The molecule has 10 heteroatoms. The molecule has 1 aromatic carbocycles. The molecule has 1 spiro atoms. The van der Waals surface area contributed by atoms with Crippen LogP contribution in [0.1, 0.15) is 44.5 Å². The predicted octanol–water partition coefficient (Wildman–Crippen LogP) is 5.12. The minimum atomic E-state index is -0.620. The van der Waals surface area contributed by atoms with Gasteiger partial charge in [0, 0.05) is 43.4 Å². The standard InChI is InChI=1S/C30H34F2N8/c1-29(2)7-6-25-36-27-21(31)12-20(13-23(27)40(25)29)26-22(32)15-34-28(37-26)35-24-5-4-19(14-33-24)16-39-17-30(18-39)8-10-38(3)11-9-30/h4-5,12-15H,6-11,16-18H2,1-3H3,(H,33,34,35,37). The zero-order chi connectivity index (χ0) is 27.6. The highest BCUT2D eigenvalue weighted by Crippen LogP contribution is 2.41. The number of halogens is 2. The molecule has 3 aromatic heterocycles. The number of pyridine rings is 1. The molecule has 2 fully saturated rings. The van der Waals surface area contributed by atoms with Crippen LogP contribution >= 0.6 is 0 Å². The Balaban J connectivity index is 1.07. The van der Waals surface area contributed by atoms with Crippen LogP contribution in [0, 0.1) is 17.0 Å². The summed E-state index contributed by atoms with van der Waals surface area (Å²) in [4.78, 5) is 22.5.